The number of fused-ring (bicyclic) bond motifs is 6. The fourth-order valence-corrected chi connectivity index (χ4v) is 19.8. The van der Waals surface area contributed by atoms with Crippen LogP contribution in [0, 0.1) is 49.4 Å². The first-order valence-electron chi connectivity index (χ1n) is 30.8. The van der Waals surface area contributed by atoms with Gasteiger partial charge >= 0.3 is 89.5 Å². The van der Waals surface area contributed by atoms with E-state index in [1.807, 2.05) is 48.5 Å². The van der Waals surface area contributed by atoms with Crippen LogP contribution in [0.1, 0.15) is 42.0 Å². The minimum Gasteiger partial charge on any atom is -0.456 e. The van der Waals surface area contributed by atoms with E-state index >= 15 is 0 Å². The Hall–Kier alpha value is -6.84. The molecule has 0 fully saturated rings. The van der Waals surface area contributed by atoms with Crippen LogP contribution in [0.3, 0.4) is 0 Å². The van der Waals surface area contributed by atoms with Crippen LogP contribution in [0.2, 0.25) is 0 Å². The maximum Gasteiger partial charge on any atom is 1.00 e. The van der Waals surface area contributed by atoms with Gasteiger partial charge in [-0.05, 0) is 127 Å². The first-order valence-corrected chi connectivity index (χ1v) is 36.9. The molecular formula is C86H69Au4O2P4+3. The zero-order chi connectivity index (χ0) is 63.5. The van der Waals surface area contributed by atoms with Crippen molar-refractivity contribution in [2.75, 3.05) is 18.5 Å². The molecule has 0 N–H and O–H groups in total. The zero-order valence-corrected chi connectivity index (χ0v) is 65.2. The normalized spacial score (nSPS) is 10.1. The standard InChI is InChI=1S/C28H28P2.2C16H6O.C14H15P.C12H11P.4Au/c1-5-15-25(16-6-1)29(26-17-7-2-8-18-26)23-13-14-24-30(27-19-9-3-10-20-27)28-21-11-4-12-22-28;2*1-3-11-5-7-15-13(9-11)14-10-12(4-2)6-8-16(14)17-15;1-2-15(13-9-5-3-6-10-13)14-11-7-4-8-12-14;1-3-7-11(8-4-1)13-12-9-5-2-6-10-12;;;;/h1-12,15-22H,13-14,23-24H2;2*5-10H;3-12H,2H2,1H3;1-10,13H;;;;/q;2*-2;;;4*+1/p+3. The smallest absolute Gasteiger partial charge is 0.456 e. The maximum atomic E-state index is 7.14. The molecule has 0 bridgehead atoms. The van der Waals surface area contributed by atoms with Crippen molar-refractivity contribution >= 4 is 119 Å². The third kappa shape index (κ3) is 22.3. The predicted molar refractivity (Wildman–Crippen MR) is 404 cm³/mol. The van der Waals surface area contributed by atoms with Crippen molar-refractivity contribution in [1.82, 2.24) is 0 Å². The second-order valence-electron chi connectivity index (χ2n) is 21.6. The Bertz CT molecular complexity index is 4240. The van der Waals surface area contributed by atoms with Crippen LogP contribution in [0.5, 0.6) is 0 Å². The SMILES string of the molecule is CC[PH+](c1ccccc1)c1ccccc1.[Au+].[Au+].[Au+].[Au+].[C-]#Cc1ccc2oc3ccc(C#[C-])cc3c2c1.[C-]#Cc1ccc2oc3ccc(C#[C-])cc3c2c1.c1ccc(Pc2ccccc2)cc1.c1ccc([PH+](CCCC[PH+](c2ccccc2)c2ccccc2)c2ccccc2)cc1. The van der Waals surface area contributed by atoms with E-state index < -0.39 is 23.8 Å². The molecule has 14 rings (SSSR count). The second kappa shape index (κ2) is 42.1. The summed E-state index contributed by atoms with van der Waals surface area (Å²) < 4.78 is 11.3. The number of hydrogen-bond acceptors (Lipinski definition) is 2. The first kappa shape index (κ1) is 78.2. The van der Waals surface area contributed by atoms with E-state index in [0.717, 1.165) is 52.5 Å². The van der Waals surface area contributed by atoms with Gasteiger partial charge in [0.05, 0.1) is 74.1 Å². The number of benzene rings is 12. The number of unbranched alkanes of at least 4 members (excludes halogenated alkanes) is 1. The molecule has 12 aromatic carbocycles. The van der Waals surface area contributed by atoms with Crippen molar-refractivity contribution in [2.45, 2.75) is 19.8 Å². The molecule has 0 saturated carbocycles. The Morgan fingerprint density at radius 1 is 0.281 bits per heavy atom. The van der Waals surface area contributed by atoms with E-state index in [2.05, 4.69) is 273 Å². The molecule has 2 aromatic heterocycles. The van der Waals surface area contributed by atoms with Crippen LogP contribution in [0.25, 0.3) is 43.9 Å². The van der Waals surface area contributed by atoms with Gasteiger partial charge in [-0.3, -0.25) is 23.7 Å². The molecule has 2 heterocycles. The molecule has 486 valence electrons. The molecule has 0 unspecified atom stereocenters. The van der Waals surface area contributed by atoms with Gasteiger partial charge in [-0.25, -0.2) is 0 Å². The molecule has 0 aliphatic rings. The van der Waals surface area contributed by atoms with Gasteiger partial charge in [0.1, 0.15) is 22.3 Å². The van der Waals surface area contributed by atoms with Crippen molar-refractivity contribution in [3.63, 3.8) is 0 Å². The van der Waals surface area contributed by atoms with Gasteiger partial charge in [0, 0.05) is 21.5 Å². The number of rotatable bonds is 14. The van der Waals surface area contributed by atoms with Gasteiger partial charge in [0.25, 0.3) is 0 Å². The van der Waals surface area contributed by atoms with Gasteiger partial charge in [-0.2, -0.15) is 0 Å². The summed E-state index contributed by atoms with van der Waals surface area (Å²) in [7, 11) is -1.19. The summed E-state index contributed by atoms with van der Waals surface area (Å²) in [5.74, 6) is 9.43. The van der Waals surface area contributed by atoms with E-state index in [4.69, 9.17) is 34.5 Å². The van der Waals surface area contributed by atoms with Crippen LogP contribution in [0.15, 0.2) is 324 Å². The summed E-state index contributed by atoms with van der Waals surface area (Å²) in [6.45, 7) is 2.29. The predicted octanol–water partition coefficient (Wildman–Crippen LogP) is 17.6. The second-order valence-corrected chi connectivity index (χ2v) is 31.0. The molecule has 0 aliphatic carbocycles. The Labute approximate surface area is 635 Å². The van der Waals surface area contributed by atoms with Crippen molar-refractivity contribution in [2.24, 2.45) is 0 Å². The van der Waals surface area contributed by atoms with Gasteiger partial charge in [0.2, 0.25) is 0 Å². The van der Waals surface area contributed by atoms with Crippen LogP contribution in [-0.2, 0) is 89.5 Å². The molecule has 2 nitrogen and oxygen atoms in total. The van der Waals surface area contributed by atoms with Crippen LogP contribution >= 0.6 is 32.3 Å². The first-order chi connectivity index (χ1) is 45.4. The summed E-state index contributed by atoms with van der Waals surface area (Å²) in [6.07, 6.45) is 35.0. The molecule has 14 aromatic rings. The number of hydrogen-bond donors (Lipinski definition) is 0. The topological polar surface area (TPSA) is 26.3 Å². The summed E-state index contributed by atoms with van der Waals surface area (Å²) in [6, 6.07) is 109. The van der Waals surface area contributed by atoms with Crippen molar-refractivity contribution in [3.8, 4) is 23.7 Å². The Morgan fingerprint density at radius 2 is 0.490 bits per heavy atom. The molecule has 0 spiro atoms. The molecular weight excluding hydrogens is 1980 g/mol. The largest absolute Gasteiger partial charge is 1.00 e. The summed E-state index contributed by atoms with van der Waals surface area (Å²) >= 11 is 0. The average Bonchev–Trinajstić information content (AvgIpc) is 1.65. The minimum absolute atomic E-state index is 0. The summed E-state index contributed by atoms with van der Waals surface area (Å²) in [4.78, 5) is 0. The van der Waals surface area contributed by atoms with E-state index in [-0.39, 0.29) is 89.5 Å². The molecule has 10 heteroatoms. The quantitative estimate of drug-likeness (QED) is 0.0357. The van der Waals surface area contributed by atoms with Crippen LogP contribution in [-0.4, -0.2) is 18.5 Å². The number of furan rings is 2. The molecule has 0 radical (unpaired) electrons. The Morgan fingerprint density at radius 3 is 0.698 bits per heavy atom. The molecule has 96 heavy (non-hydrogen) atoms. The average molecular weight is 2050 g/mol. The van der Waals surface area contributed by atoms with E-state index in [0.29, 0.717) is 22.3 Å². The molecule has 0 atom stereocenters. The fourth-order valence-electron chi connectivity index (χ4n) is 11.0. The van der Waals surface area contributed by atoms with E-state index in [1.165, 1.54) is 73.8 Å². The van der Waals surface area contributed by atoms with Crippen LogP contribution < -0.4 is 42.4 Å². The maximum absolute atomic E-state index is 7.14. The van der Waals surface area contributed by atoms with Gasteiger partial charge < -0.3 is 34.5 Å². The van der Waals surface area contributed by atoms with Crippen molar-refractivity contribution in [1.29, 1.82) is 0 Å². The summed E-state index contributed by atoms with van der Waals surface area (Å²) in [5, 5.41) is 15.7. The van der Waals surface area contributed by atoms with Gasteiger partial charge in [-0.1, -0.05) is 178 Å². The van der Waals surface area contributed by atoms with Gasteiger partial charge in [0.15, 0.2) is 0 Å². The zero-order valence-electron chi connectivity index (χ0n) is 52.6. The third-order valence-corrected chi connectivity index (χ3v) is 25.4. The molecule has 0 amide bonds. The third-order valence-electron chi connectivity index (χ3n) is 15.5. The van der Waals surface area contributed by atoms with Gasteiger partial charge in [-0.15, -0.1) is 70.8 Å². The monoisotopic (exact) mass is 2050 g/mol. The molecule has 0 saturated heterocycles. The Kier molecular flexibility index (Phi) is 34.3. The van der Waals surface area contributed by atoms with Crippen molar-refractivity contribution < 1.29 is 98.4 Å². The fraction of sp³-hybridized carbons (Fsp3) is 0.0698. The minimum atomic E-state index is -0.714. The van der Waals surface area contributed by atoms with Crippen molar-refractivity contribution in [3.05, 3.63) is 363 Å². The molecule has 0 aliphatic heterocycles. The Balaban J connectivity index is 0.000000194. The summed E-state index contributed by atoms with van der Waals surface area (Å²) in [5.41, 5.74) is 5.97. The van der Waals surface area contributed by atoms with E-state index in [9.17, 15) is 0 Å². The van der Waals surface area contributed by atoms with Crippen LogP contribution in [0.4, 0.5) is 0 Å². The van der Waals surface area contributed by atoms with E-state index in [1.54, 1.807) is 24.3 Å².